The Bertz CT molecular complexity index is 862. The number of nitrogens with one attached hydrogen (secondary N) is 1. The number of carbonyl (C=O) groups is 2. The molecule has 0 unspecified atom stereocenters. The second kappa shape index (κ2) is 7.43. The van der Waals surface area contributed by atoms with Crippen molar-refractivity contribution in [1.29, 1.82) is 0 Å². The van der Waals surface area contributed by atoms with Crippen LogP contribution in [0.25, 0.3) is 0 Å². The quantitative estimate of drug-likeness (QED) is 0.876. The van der Waals surface area contributed by atoms with Gasteiger partial charge in [-0.1, -0.05) is 30.3 Å². The highest BCUT2D eigenvalue weighted by atomic mass is 32.2. The van der Waals surface area contributed by atoms with Gasteiger partial charge in [-0.25, -0.2) is 0 Å². The molecule has 27 heavy (non-hydrogen) atoms. The van der Waals surface area contributed by atoms with Gasteiger partial charge in [0.2, 0.25) is 0 Å². The first kappa shape index (κ1) is 18.2. The second-order valence-electron chi connectivity index (χ2n) is 7.34. The molecule has 0 saturated carbocycles. The predicted octanol–water partition coefficient (Wildman–Crippen LogP) is 3.71. The molecule has 3 heterocycles. The fourth-order valence-corrected chi connectivity index (χ4v) is 5.08. The van der Waals surface area contributed by atoms with Gasteiger partial charge in [-0.2, -0.15) is 0 Å². The summed E-state index contributed by atoms with van der Waals surface area (Å²) in [6.07, 6.45) is 2.10. The zero-order valence-electron chi connectivity index (χ0n) is 15.8. The zero-order chi connectivity index (χ0) is 19.0. The van der Waals surface area contributed by atoms with Gasteiger partial charge in [-0.15, -0.1) is 11.8 Å². The average molecular weight is 384 g/mol. The normalized spacial score (nSPS) is 19.8. The van der Waals surface area contributed by atoms with Crippen molar-refractivity contribution in [2.45, 2.75) is 50.3 Å². The topological polar surface area (TPSA) is 54.3 Å². The van der Waals surface area contributed by atoms with Crippen LogP contribution in [0.4, 0.5) is 0 Å². The standard InChI is InChI=1S/C21H25N3O2S/c1-14-7-6-10-23(14)20(26)18-13-17(21-24(18)11-12-27-21)19(25)22-15(2)16-8-4-3-5-9-16/h3-5,8-9,13-15H,6-7,10-12H2,1-2H3,(H,22,25)/t14-,15+/m0/s1. The minimum atomic E-state index is -0.113. The molecule has 1 fully saturated rings. The predicted molar refractivity (Wildman–Crippen MR) is 107 cm³/mol. The summed E-state index contributed by atoms with van der Waals surface area (Å²) < 4.78 is 2.03. The van der Waals surface area contributed by atoms with Gasteiger partial charge in [-0.05, 0) is 38.3 Å². The lowest BCUT2D eigenvalue weighted by Gasteiger charge is -2.21. The molecule has 2 atom stereocenters. The van der Waals surface area contributed by atoms with Crippen molar-refractivity contribution in [3.05, 3.63) is 53.2 Å². The van der Waals surface area contributed by atoms with Crippen molar-refractivity contribution in [2.24, 2.45) is 0 Å². The maximum Gasteiger partial charge on any atom is 0.270 e. The van der Waals surface area contributed by atoms with Gasteiger partial charge in [0, 0.05) is 24.9 Å². The molecule has 1 aromatic carbocycles. The number of hydrogen-bond donors (Lipinski definition) is 1. The van der Waals surface area contributed by atoms with Gasteiger partial charge in [0.1, 0.15) is 5.69 Å². The van der Waals surface area contributed by atoms with Crippen LogP contribution in [0.3, 0.4) is 0 Å². The van der Waals surface area contributed by atoms with Crippen molar-refractivity contribution < 1.29 is 9.59 Å². The molecule has 2 aliphatic heterocycles. The van der Waals surface area contributed by atoms with E-state index in [0.717, 1.165) is 42.3 Å². The molecule has 2 amide bonds. The number of benzene rings is 1. The lowest BCUT2D eigenvalue weighted by molar-refractivity contribution is 0.0736. The maximum atomic E-state index is 13.1. The fourth-order valence-electron chi connectivity index (χ4n) is 3.96. The highest BCUT2D eigenvalue weighted by Crippen LogP contribution is 2.34. The Kier molecular flexibility index (Phi) is 5.00. The van der Waals surface area contributed by atoms with Crippen molar-refractivity contribution >= 4 is 23.6 Å². The SMILES string of the molecule is C[C@@H](NC(=O)c1cc(C(=O)N2CCC[C@@H]2C)n2c1SCC2)c1ccccc1. The second-order valence-corrected chi connectivity index (χ2v) is 8.43. The van der Waals surface area contributed by atoms with E-state index in [1.807, 2.05) is 46.7 Å². The number of nitrogens with zero attached hydrogens (tertiary/aromatic N) is 2. The summed E-state index contributed by atoms with van der Waals surface area (Å²) in [5.74, 6) is 0.845. The van der Waals surface area contributed by atoms with Gasteiger partial charge >= 0.3 is 0 Å². The molecule has 6 heteroatoms. The van der Waals surface area contributed by atoms with E-state index < -0.39 is 0 Å². The molecule has 2 aromatic rings. The number of carbonyl (C=O) groups excluding carboxylic acids is 2. The van der Waals surface area contributed by atoms with E-state index in [1.54, 1.807) is 17.8 Å². The molecule has 0 bridgehead atoms. The summed E-state index contributed by atoms with van der Waals surface area (Å²) in [6, 6.07) is 11.9. The van der Waals surface area contributed by atoms with Crippen LogP contribution in [-0.2, 0) is 6.54 Å². The van der Waals surface area contributed by atoms with Crippen LogP contribution in [-0.4, -0.2) is 39.6 Å². The minimum Gasteiger partial charge on any atom is -0.345 e. The van der Waals surface area contributed by atoms with E-state index in [2.05, 4.69) is 12.2 Å². The Labute approximate surface area is 164 Å². The molecular formula is C21H25N3O2S. The van der Waals surface area contributed by atoms with E-state index >= 15 is 0 Å². The van der Waals surface area contributed by atoms with Crippen LogP contribution in [0.1, 0.15) is 59.1 Å². The van der Waals surface area contributed by atoms with Gasteiger partial charge < -0.3 is 14.8 Å². The molecule has 0 radical (unpaired) electrons. The van der Waals surface area contributed by atoms with Crippen LogP contribution in [0.5, 0.6) is 0 Å². The molecule has 0 spiro atoms. The Morgan fingerprint density at radius 3 is 2.70 bits per heavy atom. The van der Waals surface area contributed by atoms with Gasteiger partial charge in [0.25, 0.3) is 11.8 Å². The first-order valence-corrected chi connectivity index (χ1v) is 10.6. The highest BCUT2D eigenvalue weighted by molar-refractivity contribution is 7.99. The summed E-state index contributed by atoms with van der Waals surface area (Å²) >= 11 is 1.66. The van der Waals surface area contributed by atoms with E-state index in [1.165, 1.54) is 0 Å². The largest absolute Gasteiger partial charge is 0.345 e. The number of rotatable bonds is 4. The van der Waals surface area contributed by atoms with Crippen molar-refractivity contribution in [3.63, 3.8) is 0 Å². The Balaban J connectivity index is 1.58. The van der Waals surface area contributed by atoms with E-state index in [-0.39, 0.29) is 23.9 Å². The molecule has 2 aliphatic rings. The average Bonchev–Trinajstić information content (AvgIpc) is 3.38. The van der Waals surface area contributed by atoms with Gasteiger partial charge in [0.15, 0.2) is 0 Å². The molecule has 1 N–H and O–H groups in total. The molecule has 142 valence electrons. The van der Waals surface area contributed by atoms with Crippen LogP contribution >= 0.6 is 11.8 Å². The third-order valence-corrected chi connectivity index (χ3v) is 6.63. The molecule has 1 aromatic heterocycles. The smallest absolute Gasteiger partial charge is 0.270 e. The van der Waals surface area contributed by atoms with Gasteiger partial charge in [0.05, 0.1) is 16.6 Å². The van der Waals surface area contributed by atoms with Crippen molar-refractivity contribution in [1.82, 2.24) is 14.8 Å². The number of fused-ring (bicyclic) bond motifs is 1. The van der Waals surface area contributed by atoms with Crippen LogP contribution < -0.4 is 5.32 Å². The summed E-state index contributed by atoms with van der Waals surface area (Å²) in [7, 11) is 0. The van der Waals surface area contributed by atoms with E-state index in [4.69, 9.17) is 0 Å². The maximum absolute atomic E-state index is 13.1. The van der Waals surface area contributed by atoms with E-state index in [9.17, 15) is 9.59 Å². The molecule has 0 aliphatic carbocycles. The summed E-state index contributed by atoms with van der Waals surface area (Å²) in [5, 5.41) is 4.00. The van der Waals surface area contributed by atoms with Crippen molar-refractivity contribution in [3.8, 4) is 0 Å². The lowest BCUT2D eigenvalue weighted by Crippen LogP contribution is -2.34. The van der Waals surface area contributed by atoms with Crippen LogP contribution in [0, 0.1) is 0 Å². The summed E-state index contributed by atoms with van der Waals surface area (Å²) in [6.45, 7) is 5.67. The first-order chi connectivity index (χ1) is 13.1. The highest BCUT2D eigenvalue weighted by Gasteiger charge is 2.33. The summed E-state index contributed by atoms with van der Waals surface area (Å²) in [5.41, 5.74) is 2.34. The number of aromatic nitrogens is 1. The number of thioether (sulfide) groups is 1. The number of amides is 2. The van der Waals surface area contributed by atoms with Crippen LogP contribution in [0.2, 0.25) is 0 Å². The van der Waals surface area contributed by atoms with Crippen molar-refractivity contribution in [2.75, 3.05) is 12.3 Å². The van der Waals surface area contributed by atoms with Gasteiger partial charge in [-0.3, -0.25) is 9.59 Å². The minimum absolute atomic E-state index is 0.0545. The Morgan fingerprint density at radius 1 is 1.22 bits per heavy atom. The fraction of sp³-hybridized carbons (Fsp3) is 0.429. The number of hydrogen-bond acceptors (Lipinski definition) is 3. The zero-order valence-corrected chi connectivity index (χ0v) is 16.6. The monoisotopic (exact) mass is 383 g/mol. The van der Waals surface area contributed by atoms with Crippen LogP contribution in [0.15, 0.2) is 41.4 Å². The summed E-state index contributed by atoms with van der Waals surface area (Å²) in [4.78, 5) is 28.0. The number of likely N-dealkylation sites (tertiary alicyclic amines) is 1. The molecular weight excluding hydrogens is 358 g/mol. The molecule has 4 rings (SSSR count). The lowest BCUT2D eigenvalue weighted by atomic mass is 10.1. The Morgan fingerprint density at radius 2 is 2.00 bits per heavy atom. The molecule has 1 saturated heterocycles. The third-order valence-electron chi connectivity index (χ3n) is 5.53. The molecule has 5 nitrogen and oxygen atoms in total. The third kappa shape index (κ3) is 3.38. The Hall–Kier alpha value is -2.21. The first-order valence-electron chi connectivity index (χ1n) is 9.59. The van der Waals surface area contributed by atoms with E-state index in [0.29, 0.717) is 11.3 Å².